The zero-order valence-electron chi connectivity index (χ0n) is 13.7. The molecule has 6 nitrogen and oxygen atoms in total. The van der Waals surface area contributed by atoms with Gasteiger partial charge in [-0.1, -0.05) is 18.2 Å². The lowest BCUT2D eigenvalue weighted by atomic mass is 10.2. The first-order valence-electron chi connectivity index (χ1n) is 8.21. The number of furan rings is 1. The average molecular weight is 323 g/mol. The van der Waals surface area contributed by atoms with Gasteiger partial charge in [-0.3, -0.25) is 0 Å². The van der Waals surface area contributed by atoms with Crippen LogP contribution in [-0.4, -0.2) is 36.1 Å². The van der Waals surface area contributed by atoms with Crippen LogP contribution in [0, 0.1) is 0 Å². The van der Waals surface area contributed by atoms with E-state index in [-0.39, 0.29) is 6.04 Å². The van der Waals surface area contributed by atoms with Gasteiger partial charge >= 0.3 is 0 Å². The Hall–Kier alpha value is -2.60. The zero-order chi connectivity index (χ0) is 16.5. The molecule has 3 heterocycles. The van der Waals surface area contributed by atoms with Gasteiger partial charge in [-0.15, -0.1) is 0 Å². The van der Waals surface area contributed by atoms with E-state index in [1.165, 1.54) is 0 Å². The zero-order valence-corrected chi connectivity index (χ0v) is 13.7. The van der Waals surface area contributed by atoms with Crippen molar-refractivity contribution in [3.8, 4) is 0 Å². The van der Waals surface area contributed by atoms with Gasteiger partial charge in [0.1, 0.15) is 17.2 Å². The van der Waals surface area contributed by atoms with E-state index in [4.69, 9.17) is 10.2 Å². The van der Waals surface area contributed by atoms with Crippen LogP contribution in [0.5, 0.6) is 0 Å². The summed E-state index contributed by atoms with van der Waals surface area (Å²) in [5.41, 5.74) is 6.90. The molecule has 1 aliphatic rings. The van der Waals surface area contributed by atoms with Crippen LogP contribution in [0.25, 0.3) is 11.0 Å². The minimum atomic E-state index is 0.233. The summed E-state index contributed by atoms with van der Waals surface area (Å²) >= 11 is 0. The maximum atomic E-state index is 5.99. The molecule has 4 rings (SSSR count). The Morgan fingerprint density at radius 1 is 1.33 bits per heavy atom. The minimum Gasteiger partial charge on any atom is -0.459 e. The van der Waals surface area contributed by atoms with Gasteiger partial charge in [-0.05, 0) is 24.6 Å². The number of nitrogens with two attached hydrogens (primary N) is 1. The van der Waals surface area contributed by atoms with Crippen LogP contribution in [-0.2, 0) is 6.54 Å². The fraction of sp³-hybridized carbons (Fsp3) is 0.333. The number of hydrogen-bond donors (Lipinski definition) is 1. The largest absolute Gasteiger partial charge is 0.459 e. The van der Waals surface area contributed by atoms with E-state index in [1.807, 2.05) is 36.2 Å². The van der Waals surface area contributed by atoms with Gasteiger partial charge in [0, 0.05) is 37.8 Å². The van der Waals surface area contributed by atoms with Crippen LogP contribution in [0.4, 0.5) is 11.8 Å². The Bertz CT molecular complexity index is 813. The Balaban J connectivity index is 1.52. The number of fused-ring (bicyclic) bond motifs is 1. The van der Waals surface area contributed by atoms with E-state index in [9.17, 15) is 0 Å². The van der Waals surface area contributed by atoms with E-state index in [0.29, 0.717) is 12.5 Å². The lowest BCUT2D eigenvalue weighted by molar-refractivity contribution is 0.544. The Kier molecular flexibility index (Phi) is 3.82. The molecular formula is C18H21N5O. The molecule has 0 saturated carbocycles. The molecule has 1 atom stereocenters. The van der Waals surface area contributed by atoms with Gasteiger partial charge in [0.05, 0.1) is 6.54 Å². The summed E-state index contributed by atoms with van der Waals surface area (Å²) in [6.45, 7) is 2.42. The molecule has 2 aromatic heterocycles. The number of nitrogens with zero attached hydrogens (tertiary/aromatic N) is 4. The standard InChI is InChI=1S/C18H21N5O/c1-22(12-15-10-13-4-2-3-5-16(13)24-15)18-20-8-6-17(21-18)23-9-7-14(19)11-23/h2-6,8,10,14H,7,9,11-12,19H2,1H3. The highest BCUT2D eigenvalue weighted by Crippen LogP contribution is 2.22. The second kappa shape index (κ2) is 6.13. The Morgan fingerprint density at radius 3 is 3.00 bits per heavy atom. The molecule has 1 aromatic carbocycles. The van der Waals surface area contributed by atoms with Crippen LogP contribution in [0.3, 0.4) is 0 Å². The SMILES string of the molecule is CN(Cc1cc2ccccc2o1)c1nccc(N2CCC(N)C2)n1. The van der Waals surface area contributed by atoms with E-state index in [2.05, 4.69) is 27.0 Å². The molecule has 0 bridgehead atoms. The lowest BCUT2D eigenvalue weighted by Gasteiger charge is -2.20. The molecule has 1 saturated heterocycles. The van der Waals surface area contributed by atoms with Crippen molar-refractivity contribution in [2.75, 3.05) is 29.9 Å². The minimum absolute atomic E-state index is 0.233. The van der Waals surface area contributed by atoms with Gasteiger partial charge in [-0.25, -0.2) is 4.98 Å². The fourth-order valence-corrected chi connectivity index (χ4v) is 3.11. The average Bonchev–Trinajstić information content (AvgIpc) is 3.20. The van der Waals surface area contributed by atoms with Crippen LogP contribution in [0.15, 0.2) is 47.0 Å². The smallest absolute Gasteiger partial charge is 0.227 e. The summed E-state index contributed by atoms with van der Waals surface area (Å²) in [6.07, 6.45) is 2.81. The third-order valence-corrected chi connectivity index (χ3v) is 4.39. The summed E-state index contributed by atoms with van der Waals surface area (Å²) in [6, 6.07) is 12.3. The maximum absolute atomic E-state index is 5.99. The van der Waals surface area contributed by atoms with E-state index in [0.717, 1.165) is 42.1 Å². The highest BCUT2D eigenvalue weighted by Gasteiger charge is 2.21. The predicted molar refractivity (Wildman–Crippen MR) is 95.2 cm³/mol. The number of rotatable bonds is 4. The van der Waals surface area contributed by atoms with Gasteiger partial charge < -0.3 is 20.0 Å². The van der Waals surface area contributed by atoms with Crippen molar-refractivity contribution in [3.63, 3.8) is 0 Å². The molecule has 0 amide bonds. The summed E-state index contributed by atoms with van der Waals surface area (Å²) in [7, 11) is 1.97. The quantitative estimate of drug-likeness (QED) is 0.795. The van der Waals surface area contributed by atoms with Crippen molar-refractivity contribution >= 4 is 22.7 Å². The van der Waals surface area contributed by atoms with E-state index >= 15 is 0 Å². The van der Waals surface area contributed by atoms with E-state index in [1.54, 1.807) is 6.20 Å². The van der Waals surface area contributed by atoms with Gasteiger partial charge in [0.15, 0.2) is 0 Å². The molecule has 2 N–H and O–H groups in total. The van der Waals surface area contributed by atoms with Crippen molar-refractivity contribution in [1.29, 1.82) is 0 Å². The number of hydrogen-bond acceptors (Lipinski definition) is 6. The van der Waals surface area contributed by atoms with Crippen LogP contribution < -0.4 is 15.5 Å². The third kappa shape index (κ3) is 2.92. The van der Waals surface area contributed by atoms with Crippen molar-refractivity contribution in [1.82, 2.24) is 9.97 Å². The molecule has 3 aromatic rings. The van der Waals surface area contributed by atoms with Gasteiger partial charge in [0.25, 0.3) is 0 Å². The fourth-order valence-electron chi connectivity index (χ4n) is 3.11. The van der Waals surface area contributed by atoms with Crippen molar-refractivity contribution in [2.45, 2.75) is 19.0 Å². The maximum Gasteiger partial charge on any atom is 0.227 e. The van der Waals surface area contributed by atoms with Gasteiger partial charge in [-0.2, -0.15) is 4.98 Å². The molecule has 6 heteroatoms. The number of benzene rings is 1. The summed E-state index contributed by atoms with van der Waals surface area (Å²) in [5, 5.41) is 1.11. The number of para-hydroxylation sites is 1. The highest BCUT2D eigenvalue weighted by molar-refractivity contribution is 5.77. The lowest BCUT2D eigenvalue weighted by Crippen LogP contribution is -2.27. The molecule has 1 fully saturated rings. The van der Waals surface area contributed by atoms with Crippen LogP contribution >= 0.6 is 0 Å². The second-order valence-electron chi connectivity index (χ2n) is 6.32. The summed E-state index contributed by atoms with van der Waals surface area (Å²) in [5.74, 6) is 2.52. The Labute approximate surface area is 140 Å². The van der Waals surface area contributed by atoms with Crippen molar-refractivity contribution in [2.24, 2.45) is 5.73 Å². The van der Waals surface area contributed by atoms with Gasteiger partial charge in [0.2, 0.25) is 5.95 Å². The molecule has 0 radical (unpaired) electrons. The molecule has 124 valence electrons. The molecule has 0 spiro atoms. The van der Waals surface area contributed by atoms with Crippen molar-refractivity contribution in [3.05, 3.63) is 48.4 Å². The molecule has 24 heavy (non-hydrogen) atoms. The normalized spacial score (nSPS) is 17.6. The van der Waals surface area contributed by atoms with Crippen LogP contribution in [0.1, 0.15) is 12.2 Å². The van der Waals surface area contributed by atoms with Crippen LogP contribution in [0.2, 0.25) is 0 Å². The summed E-state index contributed by atoms with van der Waals surface area (Å²) < 4.78 is 5.88. The first kappa shape index (κ1) is 15.0. The summed E-state index contributed by atoms with van der Waals surface area (Å²) in [4.78, 5) is 13.3. The Morgan fingerprint density at radius 2 is 2.21 bits per heavy atom. The topological polar surface area (TPSA) is 71.4 Å². The second-order valence-corrected chi connectivity index (χ2v) is 6.32. The first-order valence-corrected chi connectivity index (χ1v) is 8.21. The third-order valence-electron chi connectivity index (χ3n) is 4.39. The van der Waals surface area contributed by atoms with E-state index < -0.39 is 0 Å². The molecule has 1 unspecified atom stereocenters. The predicted octanol–water partition coefficient (Wildman–Crippen LogP) is 2.40. The van der Waals surface area contributed by atoms with Crippen molar-refractivity contribution < 1.29 is 4.42 Å². The number of aromatic nitrogens is 2. The highest BCUT2D eigenvalue weighted by atomic mass is 16.3. The monoisotopic (exact) mass is 323 g/mol. The molecule has 0 aliphatic carbocycles. The first-order chi connectivity index (χ1) is 11.7. The molecule has 1 aliphatic heterocycles. The number of anilines is 2. The molecular weight excluding hydrogens is 302 g/mol.